The van der Waals surface area contributed by atoms with Gasteiger partial charge in [0.1, 0.15) is 0 Å². The lowest BCUT2D eigenvalue weighted by Crippen LogP contribution is -2.54. The summed E-state index contributed by atoms with van der Waals surface area (Å²) in [6, 6.07) is 2.14. The predicted molar refractivity (Wildman–Crippen MR) is 82.6 cm³/mol. The molecule has 0 bridgehead atoms. The first kappa shape index (κ1) is 15.3. The van der Waals surface area contributed by atoms with E-state index in [4.69, 9.17) is 10.5 Å². The second-order valence-corrected chi connectivity index (χ2v) is 6.07. The van der Waals surface area contributed by atoms with E-state index in [1.807, 2.05) is 26.4 Å². The first-order valence-electron chi connectivity index (χ1n) is 7.52. The monoisotopic (exact) mass is 277 g/mol. The Hall–Kier alpha value is -1.13. The average molecular weight is 277 g/mol. The minimum Gasteiger partial charge on any atom is -0.398 e. The summed E-state index contributed by atoms with van der Waals surface area (Å²) < 4.78 is 5.97. The summed E-state index contributed by atoms with van der Waals surface area (Å²) in [5.41, 5.74) is 7.89. The van der Waals surface area contributed by atoms with Crippen LogP contribution in [0.15, 0.2) is 18.5 Å². The van der Waals surface area contributed by atoms with Crippen LogP contribution < -0.4 is 11.1 Å². The fourth-order valence-electron chi connectivity index (χ4n) is 3.33. The molecule has 1 aromatic heterocycles. The van der Waals surface area contributed by atoms with Crippen LogP contribution in [0.3, 0.4) is 0 Å². The van der Waals surface area contributed by atoms with Crippen LogP contribution in [0.2, 0.25) is 0 Å². The molecule has 1 saturated carbocycles. The number of likely N-dealkylation sites (N-methyl/N-ethyl adjacent to an activating group) is 1. The highest BCUT2D eigenvalue weighted by atomic mass is 16.5. The van der Waals surface area contributed by atoms with Crippen molar-refractivity contribution in [1.82, 2.24) is 10.3 Å². The molecule has 112 valence electrons. The number of nitrogens with one attached hydrogen (secondary N) is 1. The second-order valence-electron chi connectivity index (χ2n) is 6.07. The molecule has 1 aromatic rings. The van der Waals surface area contributed by atoms with Crippen molar-refractivity contribution in [3.63, 3.8) is 0 Å². The van der Waals surface area contributed by atoms with Crippen LogP contribution in [0.4, 0.5) is 5.69 Å². The predicted octanol–water partition coefficient (Wildman–Crippen LogP) is 2.39. The first-order valence-corrected chi connectivity index (χ1v) is 7.52. The molecule has 4 nitrogen and oxygen atoms in total. The lowest BCUT2D eigenvalue weighted by molar-refractivity contribution is -0.0730. The van der Waals surface area contributed by atoms with Crippen molar-refractivity contribution in [3.8, 4) is 0 Å². The van der Waals surface area contributed by atoms with Gasteiger partial charge in [0.2, 0.25) is 0 Å². The molecule has 2 rings (SSSR count). The maximum Gasteiger partial charge on any atom is 0.0834 e. The maximum absolute atomic E-state index is 6.05. The fourth-order valence-corrected chi connectivity index (χ4v) is 3.33. The third-order valence-electron chi connectivity index (χ3n) is 4.88. The topological polar surface area (TPSA) is 60.2 Å². The van der Waals surface area contributed by atoms with Crippen molar-refractivity contribution < 1.29 is 4.74 Å². The summed E-state index contributed by atoms with van der Waals surface area (Å²) in [5.74, 6) is 0.805. The van der Waals surface area contributed by atoms with Crippen molar-refractivity contribution in [2.24, 2.45) is 5.92 Å². The van der Waals surface area contributed by atoms with Gasteiger partial charge in [-0.3, -0.25) is 4.98 Å². The number of anilines is 1. The molecule has 3 N–H and O–H groups in total. The molecule has 0 aliphatic heterocycles. The van der Waals surface area contributed by atoms with E-state index in [1.165, 1.54) is 12.8 Å². The minimum atomic E-state index is -0.0798. The summed E-state index contributed by atoms with van der Waals surface area (Å²) in [6.07, 6.45) is 9.14. The number of pyridine rings is 1. The van der Waals surface area contributed by atoms with Crippen molar-refractivity contribution in [3.05, 3.63) is 24.0 Å². The normalized spacial score (nSPS) is 28.2. The second kappa shape index (κ2) is 6.55. The van der Waals surface area contributed by atoms with Gasteiger partial charge in [-0.1, -0.05) is 6.92 Å². The van der Waals surface area contributed by atoms with E-state index in [1.54, 1.807) is 6.20 Å². The van der Waals surface area contributed by atoms with Crippen LogP contribution in [-0.4, -0.2) is 30.8 Å². The molecule has 0 spiro atoms. The van der Waals surface area contributed by atoms with E-state index in [2.05, 4.69) is 17.2 Å². The number of aromatic nitrogens is 1. The zero-order chi connectivity index (χ0) is 14.6. The molecule has 0 saturated heterocycles. The van der Waals surface area contributed by atoms with Crippen molar-refractivity contribution >= 4 is 5.69 Å². The molecule has 1 atom stereocenters. The van der Waals surface area contributed by atoms with Gasteiger partial charge < -0.3 is 15.8 Å². The van der Waals surface area contributed by atoms with Gasteiger partial charge in [0, 0.05) is 31.2 Å². The van der Waals surface area contributed by atoms with E-state index >= 15 is 0 Å². The number of nitrogens with zero attached hydrogens (tertiary/aromatic N) is 1. The molecular weight excluding hydrogens is 250 g/mol. The lowest BCUT2D eigenvalue weighted by Gasteiger charge is -2.44. The van der Waals surface area contributed by atoms with Crippen LogP contribution >= 0.6 is 0 Å². The summed E-state index contributed by atoms with van der Waals surface area (Å²) >= 11 is 0. The van der Waals surface area contributed by atoms with E-state index in [0.717, 1.165) is 36.4 Å². The maximum atomic E-state index is 6.05. The Balaban J connectivity index is 2.16. The van der Waals surface area contributed by atoms with Gasteiger partial charge in [0.05, 0.1) is 5.60 Å². The minimum absolute atomic E-state index is 0.0798. The third kappa shape index (κ3) is 3.13. The van der Waals surface area contributed by atoms with Crippen molar-refractivity contribution in [2.45, 2.75) is 50.7 Å². The number of nitrogens with two attached hydrogens (primary N) is 1. The molecule has 1 aliphatic carbocycles. The smallest absolute Gasteiger partial charge is 0.0834 e. The van der Waals surface area contributed by atoms with Crippen LogP contribution in [-0.2, 0) is 11.2 Å². The summed E-state index contributed by atoms with van der Waals surface area (Å²) in [4.78, 5) is 4.19. The number of rotatable bonds is 5. The third-order valence-corrected chi connectivity index (χ3v) is 4.88. The van der Waals surface area contributed by atoms with E-state index < -0.39 is 0 Å². The molecule has 1 heterocycles. The number of methoxy groups -OCH3 is 1. The molecule has 1 unspecified atom stereocenters. The molecule has 0 aromatic carbocycles. The van der Waals surface area contributed by atoms with Crippen LogP contribution in [0.25, 0.3) is 0 Å². The highest BCUT2D eigenvalue weighted by molar-refractivity contribution is 5.44. The van der Waals surface area contributed by atoms with Crippen molar-refractivity contribution in [2.75, 3.05) is 19.9 Å². The fraction of sp³-hybridized carbons (Fsp3) is 0.688. The Morgan fingerprint density at radius 1 is 1.50 bits per heavy atom. The van der Waals surface area contributed by atoms with Gasteiger partial charge in [-0.2, -0.15) is 0 Å². The summed E-state index contributed by atoms with van der Waals surface area (Å²) in [5, 5.41) is 3.45. The van der Waals surface area contributed by atoms with Crippen LogP contribution in [0.5, 0.6) is 0 Å². The van der Waals surface area contributed by atoms with Gasteiger partial charge in [-0.15, -0.1) is 0 Å². The van der Waals surface area contributed by atoms with Gasteiger partial charge in [0.25, 0.3) is 0 Å². The largest absolute Gasteiger partial charge is 0.398 e. The Morgan fingerprint density at radius 2 is 2.20 bits per heavy atom. The molecule has 0 amide bonds. The first-order chi connectivity index (χ1) is 9.61. The standard InChI is InChI=1S/C16H27N3O/c1-12-4-7-16(20-3,8-5-12)15(18-2)10-13-11-19-9-6-14(13)17/h6,9,11-12,15,18H,4-5,7-8,10H2,1-3H3,(H2,17,19). The number of hydrogen-bond donors (Lipinski definition) is 2. The van der Waals surface area contributed by atoms with Crippen LogP contribution in [0, 0.1) is 5.92 Å². The highest BCUT2D eigenvalue weighted by Crippen LogP contribution is 2.38. The van der Waals surface area contributed by atoms with E-state index in [9.17, 15) is 0 Å². The zero-order valence-corrected chi connectivity index (χ0v) is 12.9. The molecule has 20 heavy (non-hydrogen) atoms. The van der Waals surface area contributed by atoms with Gasteiger partial charge in [-0.25, -0.2) is 0 Å². The molecular formula is C16H27N3O. The highest BCUT2D eigenvalue weighted by Gasteiger charge is 2.40. The van der Waals surface area contributed by atoms with Crippen LogP contribution in [0.1, 0.15) is 38.2 Å². The number of ether oxygens (including phenoxy) is 1. The van der Waals surface area contributed by atoms with E-state index in [-0.39, 0.29) is 11.6 Å². The van der Waals surface area contributed by atoms with Crippen molar-refractivity contribution in [1.29, 1.82) is 0 Å². The molecule has 1 aliphatic rings. The number of nitrogen functional groups attached to an aromatic ring is 1. The zero-order valence-electron chi connectivity index (χ0n) is 12.9. The molecule has 0 radical (unpaired) electrons. The Kier molecular flexibility index (Phi) is 5.00. The summed E-state index contributed by atoms with van der Waals surface area (Å²) in [7, 11) is 3.85. The average Bonchev–Trinajstić information content (AvgIpc) is 2.48. The quantitative estimate of drug-likeness (QED) is 0.867. The summed E-state index contributed by atoms with van der Waals surface area (Å²) in [6.45, 7) is 2.33. The lowest BCUT2D eigenvalue weighted by atomic mass is 9.74. The van der Waals surface area contributed by atoms with Gasteiger partial charge >= 0.3 is 0 Å². The number of hydrogen-bond acceptors (Lipinski definition) is 4. The van der Waals surface area contributed by atoms with Gasteiger partial charge in [-0.05, 0) is 56.7 Å². The molecule has 1 fully saturated rings. The molecule has 4 heteroatoms. The Morgan fingerprint density at radius 3 is 2.75 bits per heavy atom. The SMILES string of the molecule is CNC(Cc1cnccc1N)C1(OC)CCC(C)CC1. The Bertz CT molecular complexity index is 427. The van der Waals surface area contributed by atoms with E-state index in [0.29, 0.717) is 0 Å². The Labute approximate surface area is 122 Å². The van der Waals surface area contributed by atoms with Gasteiger partial charge in [0.15, 0.2) is 0 Å².